The van der Waals surface area contributed by atoms with Crippen molar-refractivity contribution in [3.63, 3.8) is 0 Å². The molecule has 2 N–H and O–H groups in total. The normalized spacial score (nSPS) is 27.7. The third-order valence-corrected chi connectivity index (χ3v) is 3.69. The molecule has 0 aromatic rings. The van der Waals surface area contributed by atoms with Gasteiger partial charge in [0.15, 0.2) is 0 Å². The van der Waals surface area contributed by atoms with Crippen molar-refractivity contribution in [2.45, 2.75) is 32.7 Å². The lowest BCUT2D eigenvalue weighted by Gasteiger charge is -2.26. The van der Waals surface area contributed by atoms with Crippen LogP contribution in [0.5, 0.6) is 0 Å². The van der Waals surface area contributed by atoms with E-state index < -0.39 is 11.4 Å². The second-order valence-corrected chi connectivity index (χ2v) is 4.45. The van der Waals surface area contributed by atoms with Crippen LogP contribution in [0.1, 0.15) is 26.7 Å². The van der Waals surface area contributed by atoms with Crippen LogP contribution in [0.2, 0.25) is 0 Å². The number of carboxylic acid groups (broad SMARTS) is 1. The standard InChI is InChI=1S/C11H20N2O3/c1-4-11(10(15)16)5-6-13(7-11)8(2)9(14)12-3/h8H,4-7H2,1-3H3,(H,12,14)(H,15,16). The highest BCUT2D eigenvalue weighted by Gasteiger charge is 2.45. The first-order chi connectivity index (χ1) is 7.46. The Bertz CT molecular complexity index is 293. The molecule has 92 valence electrons. The summed E-state index contributed by atoms with van der Waals surface area (Å²) in [5.74, 6) is -0.807. The van der Waals surface area contributed by atoms with Gasteiger partial charge in [0.05, 0.1) is 11.5 Å². The van der Waals surface area contributed by atoms with Gasteiger partial charge in [-0.3, -0.25) is 14.5 Å². The molecule has 0 spiro atoms. The third kappa shape index (κ3) is 2.19. The topological polar surface area (TPSA) is 69.6 Å². The fraction of sp³-hybridized carbons (Fsp3) is 0.818. The molecule has 5 nitrogen and oxygen atoms in total. The van der Waals surface area contributed by atoms with Crippen molar-refractivity contribution in [1.29, 1.82) is 0 Å². The van der Waals surface area contributed by atoms with Gasteiger partial charge in [0, 0.05) is 20.1 Å². The van der Waals surface area contributed by atoms with Crippen LogP contribution >= 0.6 is 0 Å². The van der Waals surface area contributed by atoms with Gasteiger partial charge in [-0.15, -0.1) is 0 Å². The van der Waals surface area contributed by atoms with E-state index in [1.807, 2.05) is 18.7 Å². The van der Waals surface area contributed by atoms with Crippen LogP contribution in [-0.4, -0.2) is 48.1 Å². The second-order valence-electron chi connectivity index (χ2n) is 4.45. The maximum atomic E-state index is 11.5. The Balaban J connectivity index is 2.71. The monoisotopic (exact) mass is 228 g/mol. The minimum absolute atomic E-state index is 0.0581. The van der Waals surface area contributed by atoms with Crippen molar-refractivity contribution < 1.29 is 14.7 Å². The summed E-state index contributed by atoms with van der Waals surface area (Å²) in [6.45, 7) is 4.84. The minimum Gasteiger partial charge on any atom is -0.481 e. The number of likely N-dealkylation sites (N-methyl/N-ethyl adjacent to an activating group) is 1. The lowest BCUT2D eigenvalue weighted by molar-refractivity contribution is -0.148. The van der Waals surface area contributed by atoms with Crippen molar-refractivity contribution in [2.24, 2.45) is 5.41 Å². The molecule has 0 radical (unpaired) electrons. The molecule has 0 bridgehead atoms. The molecule has 0 saturated carbocycles. The highest BCUT2D eigenvalue weighted by atomic mass is 16.4. The molecule has 0 aromatic heterocycles. The highest BCUT2D eigenvalue weighted by molar-refractivity contribution is 5.81. The Morgan fingerprint density at radius 2 is 2.19 bits per heavy atom. The van der Waals surface area contributed by atoms with Gasteiger partial charge in [-0.1, -0.05) is 6.92 Å². The summed E-state index contributed by atoms with van der Waals surface area (Å²) in [5.41, 5.74) is -0.664. The highest BCUT2D eigenvalue weighted by Crippen LogP contribution is 2.35. The average Bonchev–Trinajstić information content (AvgIpc) is 2.72. The number of carbonyl (C=O) groups excluding carboxylic acids is 1. The van der Waals surface area contributed by atoms with Crippen molar-refractivity contribution in [3.8, 4) is 0 Å². The van der Waals surface area contributed by atoms with Gasteiger partial charge in [0.2, 0.25) is 5.91 Å². The van der Waals surface area contributed by atoms with E-state index in [-0.39, 0.29) is 11.9 Å². The molecule has 1 fully saturated rings. The third-order valence-electron chi connectivity index (χ3n) is 3.69. The van der Waals surface area contributed by atoms with Gasteiger partial charge in [-0.25, -0.2) is 0 Å². The molecular formula is C11H20N2O3. The fourth-order valence-electron chi connectivity index (χ4n) is 2.22. The second kappa shape index (κ2) is 4.82. The summed E-state index contributed by atoms with van der Waals surface area (Å²) < 4.78 is 0. The van der Waals surface area contributed by atoms with Crippen LogP contribution in [0.3, 0.4) is 0 Å². The summed E-state index contributed by atoms with van der Waals surface area (Å²) in [6.07, 6.45) is 1.24. The Hall–Kier alpha value is -1.10. The summed E-state index contributed by atoms with van der Waals surface area (Å²) >= 11 is 0. The predicted octanol–water partition coefficient (Wildman–Crippen LogP) is 0.308. The summed E-state index contributed by atoms with van der Waals surface area (Å²) in [7, 11) is 1.60. The molecule has 0 aliphatic carbocycles. The first-order valence-electron chi connectivity index (χ1n) is 5.66. The Morgan fingerprint density at radius 3 is 2.56 bits per heavy atom. The first kappa shape index (κ1) is 13.0. The zero-order valence-corrected chi connectivity index (χ0v) is 10.1. The molecule has 16 heavy (non-hydrogen) atoms. The summed E-state index contributed by atoms with van der Waals surface area (Å²) in [4.78, 5) is 24.6. The number of amides is 1. The molecule has 5 heteroatoms. The maximum absolute atomic E-state index is 11.5. The van der Waals surface area contributed by atoms with E-state index in [1.54, 1.807) is 7.05 Å². The van der Waals surface area contributed by atoms with Gasteiger partial charge in [-0.05, 0) is 19.8 Å². The van der Waals surface area contributed by atoms with Crippen LogP contribution in [0.25, 0.3) is 0 Å². The molecule has 1 saturated heterocycles. The van der Waals surface area contributed by atoms with E-state index in [9.17, 15) is 14.7 Å². The van der Waals surface area contributed by atoms with Crippen molar-refractivity contribution >= 4 is 11.9 Å². The summed E-state index contributed by atoms with van der Waals surface area (Å²) in [6, 6.07) is -0.252. The number of hydrogen-bond donors (Lipinski definition) is 2. The van der Waals surface area contributed by atoms with Crippen molar-refractivity contribution in [3.05, 3.63) is 0 Å². The minimum atomic E-state index is -0.749. The lowest BCUT2D eigenvalue weighted by Crippen LogP contribution is -2.44. The average molecular weight is 228 g/mol. The SMILES string of the molecule is CCC1(C(=O)O)CCN(C(C)C(=O)NC)C1. The fourth-order valence-corrected chi connectivity index (χ4v) is 2.22. The van der Waals surface area contributed by atoms with Gasteiger partial charge in [-0.2, -0.15) is 0 Å². The van der Waals surface area contributed by atoms with Crippen LogP contribution in [0.4, 0.5) is 0 Å². The van der Waals surface area contributed by atoms with E-state index >= 15 is 0 Å². The molecule has 1 aliphatic heterocycles. The van der Waals surface area contributed by atoms with E-state index in [4.69, 9.17) is 0 Å². The Morgan fingerprint density at radius 1 is 1.56 bits per heavy atom. The lowest BCUT2D eigenvalue weighted by atomic mass is 9.84. The van der Waals surface area contributed by atoms with E-state index in [0.717, 1.165) is 0 Å². The molecule has 2 atom stereocenters. The van der Waals surface area contributed by atoms with E-state index in [2.05, 4.69) is 5.32 Å². The van der Waals surface area contributed by atoms with Crippen LogP contribution in [0, 0.1) is 5.41 Å². The number of rotatable bonds is 4. The van der Waals surface area contributed by atoms with Gasteiger partial charge < -0.3 is 10.4 Å². The zero-order valence-electron chi connectivity index (χ0n) is 10.1. The number of carbonyl (C=O) groups is 2. The number of likely N-dealkylation sites (tertiary alicyclic amines) is 1. The van der Waals surface area contributed by atoms with Crippen LogP contribution in [-0.2, 0) is 9.59 Å². The largest absolute Gasteiger partial charge is 0.481 e. The molecule has 1 rings (SSSR count). The number of nitrogens with one attached hydrogen (secondary N) is 1. The molecular weight excluding hydrogens is 208 g/mol. The zero-order chi connectivity index (χ0) is 12.3. The Labute approximate surface area is 95.8 Å². The predicted molar refractivity (Wildman–Crippen MR) is 60.1 cm³/mol. The molecule has 1 aliphatic rings. The van der Waals surface area contributed by atoms with Crippen molar-refractivity contribution in [1.82, 2.24) is 10.2 Å². The molecule has 1 heterocycles. The number of carboxylic acids is 1. The van der Waals surface area contributed by atoms with Gasteiger partial charge in [0.1, 0.15) is 0 Å². The van der Waals surface area contributed by atoms with E-state index in [1.165, 1.54) is 0 Å². The number of aliphatic carboxylic acids is 1. The number of nitrogens with zero attached hydrogens (tertiary/aromatic N) is 1. The smallest absolute Gasteiger partial charge is 0.310 e. The quantitative estimate of drug-likeness (QED) is 0.726. The Kier molecular flexibility index (Phi) is 3.91. The molecule has 1 amide bonds. The van der Waals surface area contributed by atoms with E-state index in [0.29, 0.717) is 25.9 Å². The van der Waals surface area contributed by atoms with Crippen LogP contribution < -0.4 is 5.32 Å². The van der Waals surface area contributed by atoms with Gasteiger partial charge in [0.25, 0.3) is 0 Å². The molecule has 0 aromatic carbocycles. The van der Waals surface area contributed by atoms with Crippen molar-refractivity contribution in [2.75, 3.05) is 20.1 Å². The molecule has 2 unspecified atom stereocenters. The summed E-state index contributed by atoms with van der Waals surface area (Å²) in [5, 5.41) is 11.8. The number of hydrogen-bond acceptors (Lipinski definition) is 3. The first-order valence-corrected chi connectivity index (χ1v) is 5.66. The van der Waals surface area contributed by atoms with Crippen LogP contribution in [0.15, 0.2) is 0 Å². The maximum Gasteiger partial charge on any atom is 0.310 e. The van der Waals surface area contributed by atoms with Gasteiger partial charge >= 0.3 is 5.97 Å².